The first-order valence-corrected chi connectivity index (χ1v) is 6.41. The van der Waals surface area contributed by atoms with Gasteiger partial charge in [-0.05, 0) is 31.1 Å². The first-order chi connectivity index (χ1) is 9.25. The van der Waals surface area contributed by atoms with Gasteiger partial charge in [-0.3, -0.25) is 0 Å². The van der Waals surface area contributed by atoms with E-state index in [1.807, 2.05) is 6.92 Å². The van der Waals surface area contributed by atoms with Crippen LogP contribution in [-0.4, -0.2) is 24.0 Å². The SMILES string of the molecule is CC(=NNC(N)=O)[C@H]1C[C@H](CC=NNC(N)=O)C1(C)C. The molecule has 2 atom stereocenters. The molecule has 8 nitrogen and oxygen atoms in total. The second-order valence-corrected chi connectivity index (χ2v) is 5.56. The summed E-state index contributed by atoms with van der Waals surface area (Å²) in [5.41, 5.74) is 15.2. The molecule has 20 heavy (non-hydrogen) atoms. The van der Waals surface area contributed by atoms with Crippen molar-refractivity contribution in [3.05, 3.63) is 0 Å². The molecule has 0 saturated heterocycles. The predicted molar refractivity (Wildman–Crippen MR) is 77.0 cm³/mol. The standard InChI is InChI=1S/C12H22N6O2/c1-7(16-18-11(14)20)9-6-8(12(9,2)3)4-5-15-17-10(13)19/h5,8-9H,4,6H2,1-3H3,(H3,13,17,19)(H3,14,18,20)/t8-,9+/m0/s1. The van der Waals surface area contributed by atoms with E-state index in [-0.39, 0.29) is 11.3 Å². The van der Waals surface area contributed by atoms with Crippen LogP contribution in [0.15, 0.2) is 10.2 Å². The highest BCUT2D eigenvalue weighted by atomic mass is 16.2. The Morgan fingerprint density at radius 1 is 1.30 bits per heavy atom. The van der Waals surface area contributed by atoms with Gasteiger partial charge >= 0.3 is 12.1 Å². The fourth-order valence-electron chi connectivity index (χ4n) is 2.64. The summed E-state index contributed by atoms with van der Waals surface area (Å²) in [4.78, 5) is 21.1. The Hall–Kier alpha value is -2.12. The van der Waals surface area contributed by atoms with Crippen LogP contribution >= 0.6 is 0 Å². The topological polar surface area (TPSA) is 135 Å². The van der Waals surface area contributed by atoms with E-state index in [0.717, 1.165) is 18.6 Å². The highest BCUT2D eigenvalue weighted by Gasteiger charge is 2.48. The highest BCUT2D eigenvalue weighted by Crippen LogP contribution is 2.53. The maximum absolute atomic E-state index is 10.6. The lowest BCUT2D eigenvalue weighted by atomic mass is 9.52. The number of amides is 4. The van der Waals surface area contributed by atoms with Crippen molar-refractivity contribution in [1.29, 1.82) is 0 Å². The first kappa shape index (κ1) is 15.9. The van der Waals surface area contributed by atoms with Crippen molar-refractivity contribution in [2.45, 2.75) is 33.6 Å². The number of urea groups is 2. The molecular weight excluding hydrogens is 260 g/mol. The van der Waals surface area contributed by atoms with Gasteiger partial charge in [-0.1, -0.05) is 13.8 Å². The van der Waals surface area contributed by atoms with Crippen LogP contribution in [0, 0.1) is 17.3 Å². The number of hydrazone groups is 2. The molecule has 1 aliphatic rings. The zero-order valence-electron chi connectivity index (χ0n) is 12.0. The zero-order valence-corrected chi connectivity index (χ0v) is 12.0. The quantitative estimate of drug-likeness (QED) is 0.437. The van der Waals surface area contributed by atoms with Crippen LogP contribution in [0.3, 0.4) is 0 Å². The molecule has 4 amide bonds. The number of hydrogen-bond donors (Lipinski definition) is 4. The minimum atomic E-state index is -0.674. The fourth-order valence-corrected chi connectivity index (χ4v) is 2.64. The molecule has 0 radical (unpaired) electrons. The van der Waals surface area contributed by atoms with Crippen molar-refractivity contribution in [3.8, 4) is 0 Å². The summed E-state index contributed by atoms with van der Waals surface area (Å²) in [6.07, 6.45) is 3.35. The molecule has 0 spiro atoms. The van der Waals surface area contributed by atoms with Crippen LogP contribution in [-0.2, 0) is 0 Å². The van der Waals surface area contributed by atoms with Crippen LogP contribution in [0.1, 0.15) is 33.6 Å². The Kier molecular flexibility index (Phi) is 5.06. The number of carbonyl (C=O) groups is 2. The average molecular weight is 282 g/mol. The monoisotopic (exact) mass is 282 g/mol. The molecule has 0 heterocycles. The third kappa shape index (κ3) is 3.94. The maximum atomic E-state index is 10.6. The van der Waals surface area contributed by atoms with Crippen LogP contribution in [0.25, 0.3) is 0 Å². The summed E-state index contributed by atoms with van der Waals surface area (Å²) in [6, 6.07) is -1.34. The van der Waals surface area contributed by atoms with Crippen molar-refractivity contribution in [2.24, 2.45) is 38.9 Å². The fraction of sp³-hybridized carbons (Fsp3) is 0.667. The normalized spacial score (nSPS) is 25.1. The van der Waals surface area contributed by atoms with Crippen LogP contribution in [0.5, 0.6) is 0 Å². The lowest BCUT2D eigenvalue weighted by Gasteiger charge is -2.52. The third-order valence-corrected chi connectivity index (χ3v) is 3.97. The number of nitrogens with two attached hydrogens (primary N) is 2. The van der Waals surface area contributed by atoms with Gasteiger partial charge in [0.1, 0.15) is 0 Å². The summed E-state index contributed by atoms with van der Waals surface area (Å²) >= 11 is 0. The van der Waals surface area contributed by atoms with E-state index in [1.165, 1.54) is 0 Å². The summed E-state index contributed by atoms with van der Waals surface area (Å²) < 4.78 is 0. The first-order valence-electron chi connectivity index (χ1n) is 6.41. The van der Waals surface area contributed by atoms with E-state index in [2.05, 4.69) is 34.9 Å². The van der Waals surface area contributed by atoms with E-state index in [1.54, 1.807) is 6.21 Å². The van der Waals surface area contributed by atoms with Crippen molar-refractivity contribution in [2.75, 3.05) is 0 Å². The van der Waals surface area contributed by atoms with Gasteiger partial charge in [0.05, 0.1) is 0 Å². The lowest BCUT2D eigenvalue weighted by Crippen LogP contribution is -2.48. The summed E-state index contributed by atoms with van der Waals surface area (Å²) in [5, 5.41) is 7.71. The minimum Gasteiger partial charge on any atom is -0.350 e. The Bertz CT molecular complexity index is 443. The van der Waals surface area contributed by atoms with Gasteiger partial charge in [-0.25, -0.2) is 20.4 Å². The number of nitrogens with one attached hydrogen (secondary N) is 2. The highest BCUT2D eigenvalue weighted by molar-refractivity contribution is 5.87. The molecule has 0 bridgehead atoms. The molecule has 1 aliphatic carbocycles. The zero-order chi connectivity index (χ0) is 15.3. The Morgan fingerprint density at radius 2 is 1.90 bits per heavy atom. The number of nitrogens with zero attached hydrogens (tertiary/aromatic N) is 2. The maximum Gasteiger partial charge on any atom is 0.332 e. The molecule has 1 saturated carbocycles. The largest absolute Gasteiger partial charge is 0.350 e. The van der Waals surface area contributed by atoms with Gasteiger partial charge in [-0.2, -0.15) is 10.2 Å². The van der Waals surface area contributed by atoms with E-state index in [0.29, 0.717) is 5.92 Å². The molecule has 0 aliphatic heterocycles. The number of carbonyl (C=O) groups excluding carboxylic acids is 2. The van der Waals surface area contributed by atoms with Crippen molar-refractivity contribution >= 4 is 24.0 Å². The number of hydrogen-bond acceptors (Lipinski definition) is 4. The molecule has 0 aromatic carbocycles. The lowest BCUT2D eigenvalue weighted by molar-refractivity contribution is 0.0303. The van der Waals surface area contributed by atoms with Crippen molar-refractivity contribution in [1.82, 2.24) is 10.9 Å². The molecule has 0 aromatic rings. The second-order valence-electron chi connectivity index (χ2n) is 5.56. The average Bonchev–Trinajstić information content (AvgIpc) is 2.33. The van der Waals surface area contributed by atoms with Gasteiger partial charge in [-0.15, -0.1) is 0 Å². The summed E-state index contributed by atoms with van der Waals surface area (Å²) in [6.45, 7) is 6.16. The third-order valence-electron chi connectivity index (χ3n) is 3.97. The van der Waals surface area contributed by atoms with Crippen LogP contribution < -0.4 is 22.3 Å². The van der Waals surface area contributed by atoms with Gasteiger partial charge in [0.15, 0.2) is 0 Å². The Labute approximate surface area is 118 Å². The molecular formula is C12H22N6O2. The summed E-state index contributed by atoms with van der Waals surface area (Å²) in [5.74, 6) is 0.724. The molecule has 0 unspecified atom stereocenters. The molecule has 1 rings (SSSR count). The summed E-state index contributed by atoms with van der Waals surface area (Å²) in [7, 11) is 0. The Balaban J connectivity index is 2.50. The van der Waals surface area contributed by atoms with Gasteiger partial charge in [0, 0.05) is 17.8 Å². The molecule has 1 fully saturated rings. The molecule has 6 N–H and O–H groups in total. The number of primary amides is 2. The molecule has 8 heteroatoms. The van der Waals surface area contributed by atoms with Crippen molar-refractivity contribution < 1.29 is 9.59 Å². The van der Waals surface area contributed by atoms with E-state index >= 15 is 0 Å². The number of rotatable bonds is 5. The van der Waals surface area contributed by atoms with E-state index in [9.17, 15) is 9.59 Å². The smallest absolute Gasteiger partial charge is 0.332 e. The molecule has 112 valence electrons. The van der Waals surface area contributed by atoms with Crippen molar-refractivity contribution in [3.63, 3.8) is 0 Å². The van der Waals surface area contributed by atoms with E-state index in [4.69, 9.17) is 11.5 Å². The van der Waals surface area contributed by atoms with Crippen LogP contribution in [0.4, 0.5) is 9.59 Å². The van der Waals surface area contributed by atoms with Gasteiger partial charge in [0.2, 0.25) is 0 Å². The van der Waals surface area contributed by atoms with Gasteiger partial charge < -0.3 is 11.5 Å². The predicted octanol–water partition coefficient (Wildman–Crippen LogP) is 0.737. The second kappa shape index (κ2) is 6.36. The van der Waals surface area contributed by atoms with Gasteiger partial charge in [0.25, 0.3) is 0 Å². The minimum absolute atomic E-state index is 0.0473. The molecule has 0 aromatic heterocycles. The van der Waals surface area contributed by atoms with E-state index < -0.39 is 12.1 Å². The van der Waals surface area contributed by atoms with Crippen LogP contribution in [0.2, 0.25) is 0 Å². The Morgan fingerprint density at radius 3 is 2.40 bits per heavy atom.